The number of hydrogen-bond donors (Lipinski definition) is 1. The van der Waals surface area contributed by atoms with Gasteiger partial charge in [-0.1, -0.05) is 0 Å². The fraction of sp³-hybridized carbons (Fsp3) is 0.375. The first kappa shape index (κ1) is 13.2. The van der Waals surface area contributed by atoms with Gasteiger partial charge in [-0.25, -0.2) is 4.39 Å². The van der Waals surface area contributed by atoms with E-state index in [1.165, 1.54) is 11.6 Å². The van der Waals surface area contributed by atoms with Gasteiger partial charge in [-0.05, 0) is 43.2 Å². The normalized spacial score (nSPS) is 18.6. The van der Waals surface area contributed by atoms with Gasteiger partial charge in [-0.3, -0.25) is 0 Å². The van der Waals surface area contributed by atoms with Crippen molar-refractivity contribution < 1.29 is 9.13 Å². The summed E-state index contributed by atoms with van der Waals surface area (Å²) in [7, 11) is 0. The Balaban J connectivity index is 1.64. The Kier molecular flexibility index (Phi) is 3.49. The molecule has 0 amide bonds. The standard InChI is InChI=1S/C16H19FN2O/c1-11(18)6-12-4-5-19(9-12)10-15-8-13-7-14(17)2-3-16(13)20-15/h2-5,7,9,11,15H,6,8,10,18H2,1H3. The van der Waals surface area contributed by atoms with Crippen LogP contribution >= 0.6 is 0 Å². The first-order valence-electron chi connectivity index (χ1n) is 6.95. The molecule has 2 atom stereocenters. The first-order chi connectivity index (χ1) is 9.60. The Morgan fingerprint density at radius 3 is 3.10 bits per heavy atom. The lowest BCUT2D eigenvalue weighted by Gasteiger charge is -2.11. The van der Waals surface area contributed by atoms with E-state index in [0.29, 0.717) is 0 Å². The number of rotatable bonds is 4. The summed E-state index contributed by atoms with van der Waals surface area (Å²) in [6.07, 6.45) is 5.86. The zero-order valence-corrected chi connectivity index (χ0v) is 11.6. The molecule has 0 saturated carbocycles. The summed E-state index contributed by atoms with van der Waals surface area (Å²) in [6.45, 7) is 2.78. The third kappa shape index (κ3) is 2.85. The van der Waals surface area contributed by atoms with Crippen molar-refractivity contribution in [1.29, 1.82) is 0 Å². The summed E-state index contributed by atoms with van der Waals surface area (Å²) in [5.74, 6) is 0.604. The Morgan fingerprint density at radius 2 is 2.30 bits per heavy atom. The zero-order chi connectivity index (χ0) is 14.1. The molecule has 106 valence electrons. The van der Waals surface area contributed by atoms with Crippen LogP contribution in [0.5, 0.6) is 5.75 Å². The predicted octanol–water partition coefficient (Wildman–Crippen LogP) is 2.52. The van der Waals surface area contributed by atoms with Crippen molar-refractivity contribution in [3.8, 4) is 5.75 Å². The lowest BCUT2D eigenvalue weighted by atomic mass is 10.1. The van der Waals surface area contributed by atoms with Crippen molar-refractivity contribution in [2.24, 2.45) is 5.73 Å². The number of nitrogens with two attached hydrogens (primary N) is 1. The highest BCUT2D eigenvalue weighted by Crippen LogP contribution is 2.29. The van der Waals surface area contributed by atoms with Crippen LogP contribution in [0.15, 0.2) is 36.7 Å². The average Bonchev–Trinajstić information content (AvgIpc) is 2.95. The van der Waals surface area contributed by atoms with E-state index in [9.17, 15) is 4.39 Å². The quantitative estimate of drug-likeness (QED) is 0.930. The molecule has 0 aliphatic carbocycles. The smallest absolute Gasteiger partial charge is 0.123 e. The molecule has 1 aliphatic rings. The molecule has 0 bridgehead atoms. The molecule has 0 fully saturated rings. The number of hydrogen-bond acceptors (Lipinski definition) is 2. The van der Waals surface area contributed by atoms with Gasteiger partial charge in [0.1, 0.15) is 17.7 Å². The number of benzene rings is 1. The van der Waals surface area contributed by atoms with Crippen LogP contribution in [0.4, 0.5) is 4.39 Å². The molecule has 1 aliphatic heterocycles. The van der Waals surface area contributed by atoms with Crippen LogP contribution in [0.25, 0.3) is 0 Å². The summed E-state index contributed by atoms with van der Waals surface area (Å²) in [6, 6.07) is 6.97. The largest absolute Gasteiger partial charge is 0.488 e. The minimum atomic E-state index is -0.201. The van der Waals surface area contributed by atoms with Gasteiger partial charge in [0.15, 0.2) is 0 Å². The molecule has 2 unspecified atom stereocenters. The molecule has 2 heterocycles. The van der Waals surface area contributed by atoms with Gasteiger partial charge in [0.2, 0.25) is 0 Å². The van der Waals surface area contributed by atoms with E-state index in [1.54, 1.807) is 12.1 Å². The highest BCUT2D eigenvalue weighted by molar-refractivity contribution is 5.37. The molecular weight excluding hydrogens is 255 g/mol. The minimum Gasteiger partial charge on any atom is -0.488 e. The van der Waals surface area contributed by atoms with Gasteiger partial charge in [0.25, 0.3) is 0 Å². The van der Waals surface area contributed by atoms with E-state index in [2.05, 4.69) is 16.8 Å². The van der Waals surface area contributed by atoms with Crippen molar-refractivity contribution >= 4 is 0 Å². The van der Waals surface area contributed by atoms with Gasteiger partial charge in [0, 0.05) is 30.4 Å². The maximum Gasteiger partial charge on any atom is 0.123 e. The molecule has 4 heteroatoms. The van der Waals surface area contributed by atoms with Crippen molar-refractivity contribution in [2.45, 2.75) is 38.5 Å². The molecule has 3 nitrogen and oxygen atoms in total. The van der Waals surface area contributed by atoms with Crippen LogP contribution in [0.1, 0.15) is 18.1 Å². The monoisotopic (exact) mass is 274 g/mol. The van der Waals surface area contributed by atoms with Crippen molar-refractivity contribution in [3.63, 3.8) is 0 Å². The van der Waals surface area contributed by atoms with Crippen LogP contribution in [0.2, 0.25) is 0 Å². The van der Waals surface area contributed by atoms with E-state index < -0.39 is 0 Å². The Morgan fingerprint density at radius 1 is 1.45 bits per heavy atom. The summed E-state index contributed by atoms with van der Waals surface area (Å²) >= 11 is 0. The van der Waals surface area contributed by atoms with Crippen molar-refractivity contribution in [1.82, 2.24) is 4.57 Å². The fourth-order valence-corrected chi connectivity index (χ4v) is 2.72. The van der Waals surface area contributed by atoms with Gasteiger partial charge < -0.3 is 15.0 Å². The minimum absolute atomic E-state index is 0.0716. The van der Waals surface area contributed by atoms with Gasteiger partial charge in [0.05, 0.1) is 6.54 Å². The second-order valence-electron chi connectivity index (χ2n) is 5.59. The Hall–Kier alpha value is -1.81. The van der Waals surface area contributed by atoms with Crippen LogP contribution < -0.4 is 10.5 Å². The summed E-state index contributed by atoms with van der Waals surface area (Å²) < 4.78 is 21.1. The third-order valence-electron chi connectivity index (χ3n) is 3.55. The second kappa shape index (κ2) is 5.29. The van der Waals surface area contributed by atoms with E-state index in [1.807, 2.05) is 13.1 Å². The molecule has 2 aromatic rings. The second-order valence-corrected chi connectivity index (χ2v) is 5.59. The van der Waals surface area contributed by atoms with Crippen LogP contribution in [-0.2, 0) is 19.4 Å². The molecule has 1 aromatic heterocycles. The number of ether oxygens (including phenoxy) is 1. The van der Waals surface area contributed by atoms with Crippen LogP contribution in [0, 0.1) is 5.82 Å². The van der Waals surface area contributed by atoms with E-state index in [0.717, 1.165) is 30.7 Å². The maximum atomic E-state index is 13.2. The van der Waals surface area contributed by atoms with Gasteiger partial charge >= 0.3 is 0 Å². The molecule has 0 saturated heterocycles. The number of fused-ring (bicyclic) bond motifs is 1. The van der Waals surface area contributed by atoms with Crippen molar-refractivity contribution in [3.05, 3.63) is 53.6 Å². The fourth-order valence-electron chi connectivity index (χ4n) is 2.72. The van der Waals surface area contributed by atoms with E-state index >= 15 is 0 Å². The lowest BCUT2D eigenvalue weighted by molar-refractivity contribution is 0.209. The zero-order valence-electron chi connectivity index (χ0n) is 11.6. The van der Waals surface area contributed by atoms with Crippen molar-refractivity contribution in [2.75, 3.05) is 0 Å². The highest BCUT2D eigenvalue weighted by Gasteiger charge is 2.23. The van der Waals surface area contributed by atoms with E-state index in [4.69, 9.17) is 10.5 Å². The SMILES string of the molecule is CC(N)Cc1ccn(CC2Cc3cc(F)ccc3O2)c1. The molecular formula is C16H19FN2O. The number of halogens is 1. The first-order valence-corrected chi connectivity index (χ1v) is 6.95. The van der Waals surface area contributed by atoms with Crippen LogP contribution in [-0.4, -0.2) is 16.7 Å². The molecule has 3 rings (SSSR count). The summed E-state index contributed by atoms with van der Waals surface area (Å²) in [4.78, 5) is 0. The molecule has 0 radical (unpaired) electrons. The lowest BCUT2D eigenvalue weighted by Crippen LogP contribution is -2.20. The topological polar surface area (TPSA) is 40.2 Å². The molecule has 1 aromatic carbocycles. The average molecular weight is 274 g/mol. The van der Waals surface area contributed by atoms with E-state index in [-0.39, 0.29) is 18.0 Å². The van der Waals surface area contributed by atoms with Gasteiger partial charge in [-0.15, -0.1) is 0 Å². The van der Waals surface area contributed by atoms with Crippen LogP contribution in [0.3, 0.4) is 0 Å². The summed E-state index contributed by atoms with van der Waals surface area (Å²) in [5, 5.41) is 0. The molecule has 2 N–H and O–H groups in total. The highest BCUT2D eigenvalue weighted by atomic mass is 19.1. The van der Waals surface area contributed by atoms with Gasteiger partial charge in [-0.2, -0.15) is 0 Å². The summed E-state index contributed by atoms with van der Waals surface area (Å²) in [5.41, 5.74) is 7.99. The molecule has 0 spiro atoms. The Bertz CT molecular complexity index is 606. The number of aromatic nitrogens is 1. The predicted molar refractivity (Wildman–Crippen MR) is 76.3 cm³/mol. The molecule has 20 heavy (non-hydrogen) atoms. The third-order valence-corrected chi connectivity index (χ3v) is 3.55. The maximum absolute atomic E-state index is 13.2. The number of nitrogens with zero attached hydrogens (tertiary/aromatic N) is 1. The Labute approximate surface area is 118 Å².